The highest BCUT2D eigenvalue weighted by Crippen LogP contribution is 2.42. The van der Waals surface area contributed by atoms with E-state index < -0.39 is 6.29 Å². The molecule has 240 valence electrons. The first-order chi connectivity index (χ1) is 22.6. The number of aromatic nitrogens is 1. The van der Waals surface area contributed by atoms with Gasteiger partial charge in [0.2, 0.25) is 0 Å². The highest BCUT2D eigenvalue weighted by Gasteiger charge is 2.39. The molecule has 2 fully saturated rings. The van der Waals surface area contributed by atoms with Crippen molar-refractivity contribution in [2.24, 2.45) is 5.92 Å². The topological polar surface area (TPSA) is 83.9 Å². The molecule has 1 amide bonds. The van der Waals surface area contributed by atoms with E-state index in [4.69, 9.17) is 9.47 Å². The SMILES string of the molecule is C[C@@H]1[C@H](CN2CCCCCCC2)O[C@H](c2ccc(-c3cccc(CNC(=O)c4cccnc4)c3)cc2)O[C@@H]1c1ccc(CO)cc1. The van der Waals surface area contributed by atoms with Crippen molar-refractivity contribution in [1.29, 1.82) is 0 Å². The second kappa shape index (κ2) is 15.6. The smallest absolute Gasteiger partial charge is 0.253 e. The normalized spacial score (nSPS) is 22.5. The predicted octanol–water partition coefficient (Wildman–Crippen LogP) is 7.23. The minimum Gasteiger partial charge on any atom is -0.392 e. The van der Waals surface area contributed by atoms with E-state index in [0.717, 1.165) is 53.0 Å². The molecule has 46 heavy (non-hydrogen) atoms. The fourth-order valence-corrected chi connectivity index (χ4v) is 6.55. The largest absolute Gasteiger partial charge is 0.392 e. The van der Waals surface area contributed by atoms with Gasteiger partial charge < -0.3 is 24.8 Å². The molecule has 1 aromatic heterocycles. The Bertz CT molecular complexity index is 1540. The van der Waals surface area contributed by atoms with Crippen molar-refractivity contribution in [2.45, 2.75) is 70.7 Å². The maximum Gasteiger partial charge on any atom is 0.253 e. The number of amides is 1. The summed E-state index contributed by atoms with van der Waals surface area (Å²) < 4.78 is 13.5. The number of rotatable bonds is 9. The molecule has 0 radical (unpaired) electrons. The van der Waals surface area contributed by atoms with Gasteiger partial charge in [-0.3, -0.25) is 9.78 Å². The van der Waals surface area contributed by atoms with E-state index in [2.05, 4.69) is 70.7 Å². The molecule has 2 aliphatic heterocycles. The van der Waals surface area contributed by atoms with Gasteiger partial charge in [0.1, 0.15) is 0 Å². The summed E-state index contributed by atoms with van der Waals surface area (Å²) in [7, 11) is 0. The first-order valence-corrected chi connectivity index (χ1v) is 16.7. The Hall–Kier alpha value is -3.88. The number of aliphatic hydroxyl groups excluding tert-OH is 1. The summed E-state index contributed by atoms with van der Waals surface area (Å²) in [4.78, 5) is 19.1. The average molecular weight is 620 g/mol. The minimum absolute atomic E-state index is 0.0268. The number of nitrogens with zero attached hydrogens (tertiary/aromatic N) is 2. The van der Waals surface area contributed by atoms with Crippen molar-refractivity contribution < 1.29 is 19.4 Å². The van der Waals surface area contributed by atoms with E-state index >= 15 is 0 Å². The van der Waals surface area contributed by atoms with E-state index in [9.17, 15) is 9.90 Å². The van der Waals surface area contributed by atoms with Crippen molar-refractivity contribution in [3.63, 3.8) is 0 Å². The van der Waals surface area contributed by atoms with Crippen molar-refractivity contribution >= 4 is 5.91 Å². The van der Waals surface area contributed by atoms with Gasteiger partial charge in [-0.15, -0.1) is 0 Å². The molecule has 2 N–H and O–H groups in total. The summed E-state index contributed by atoms with van der Waals surface area (Å²) in [6.45, 7) is 5.84. The molecule has 2 saturated heterocycles. The fourth-order valence-electron chi connectivity index (χ4n) is 6.55. The number of aliphatic hydroxyl groups is 1. The van der Waals surface area contributed by atoms with Crippen LogP contribution in [0.25, 0.3) is 11.1 Å². The fraction of sp³-hybridized carbons (Fsp3) is 0.385. The molecule has 0 saturated carbocycles. The summed E-state index contributed by atoms with van der Waals surface area (Å²) in [5, 5.41) is 12.6. The van der Waals surface area contributed by atoms with E-state index in [1.54, 1.807) is 24.5 Å². The average Bonchev–Trinajstić information content (AvgIpc) is 3.10. The Kier molecular flexibility index (Phi) is 10.9. The molecule has 4 aromatic rings. The minimum atomic E-state index is -0.485. The van der Waals surface area contributed by atoms with Crippen molar-refractivity contribution in [1.82, 2.24) is 15.2 Å². The Balaban J connectivity index is 1.18. The van der Waals surface area contributed by atoms with Crippen molar-refractivity contribution in [3.05, 3.63) is 125 Å². The molecule has 4 atom stereocenters. The number of likely N-dealkylation sites (tertiary alicyclic amines) is 1. The standard InChI is InChI=1S/C39H45N3O4/c1-28-36(26-42-21-5-3-2-4-6-22-42)45-39(46-37(28)32-14-12-29(27-43)13-15-32)33-18-16-31(17-19-33)34-10-7-9-30(23-34)24-41-38(44)35-11-8-20-40-25-35/h7-20,23,25,28,36-37,39,43H,2-6,21-22,24,26-27H2,1H3,(H,41,44)/t28-,36+,37+,39+/m1/s1. The van der Waals surface area contributed by atoms with Gasteiger partial charge in [-0.05, 0) is 71.9 Å². The monoisotopic (exact) mass is 619 g/mol. The van der Waals surface area contributed by atoms with E-state index in [0.29, 0.717) is 12.1 Å². The van der Waals surface area contributed by atoms with Crippen LogP contribution in [0.5, 0.6) is 0 Å². The second-order valence-corrected chi connectivity index (χ2v) is 12.6. The predicted molar refractivity (Wildman–Crippen MR) is 180 cm³/mol. The number of carbonyl (C=O) groups excluding carboxylic acids is 1. The second-order valence-electron chi connectivity index (χ2n) is 12.6. The van der Waals surface area contributed by atoms with Crippen LogP contribution in [0.4, 0.5) is 0 Å². The van der Waals surface area contributed by atoms with Crippen LogP contribution in [0.1, 0.15) is 84.0 Å². The summed E-state index contributed by atoms with van der Waals surface area (Å²) >= 11 is 0. The number of pyridine rings is 1. The lowest BCUT2D eigenvalue weighted by atomic mass is 9.89. The van der Waals surface area contributed by atoms with Crippen LogP contribution in [-0.4, -0.2) is 46.6 Å². The van der Waals surface area contributed by atoms with Gasteiger partial charge in [-0.25, -0.2) is 0 Å². The number of hydrogen-bond acceptors (Lipinski definition) is 6. The molecule has 0 aliphatic carbocycles. The molecule has 3 aromatic carbocycles. The molecule has 0 unspecified atom stereocenters. The number of nitrogens with one attached hydrogen (secondary N) is 1. The lowest BCUT2D eigenvalue weighted by Gasteiger charge is -2.43. The van der Waals surface area contributed by atoms with E-state index in [1.165, 1.54) is 32.1 Å². The maximum absolute atomic E-state index is 12.5. The quantitative estimate of drug-likeness (QED) is 0.206. The van der Waals surface area contributed by atoms with Crippen LogP contribution in [0, 0.1) is 5.92 Å². The highest BCUT2D eigenvalue weighted by molar-refractivity contribution is 5.93. The van der Waals surface area contributed by atoms with Crippen molar-refractivity contribution in [2.75, 3.05) is 19.6 Å². The third-order valence-corrected chi connectivity index (χ3v) is 9.33. The highest BCUT2D eigenvalue weighted by atomic mass is 16.7. The zero-order chi connectivity index (χ0) is 31.7. The lowest BCUT2D eigenvalue weighted by molar-refractivity contribution is -0.276. The van der Waals surface area contributed by atoms with Gasteiger partial charge in [-0.1, -0.05) is 92.9 Å². The van der Waals surface area contributed by atoms with Gasteiger partial charge in [0.05, 0.1) is 24.4 Å². The van der Waals surface area contributed by atoms with E-state index in [1.807, 2.05) is 24.3 Å². The Morgan fingerprint density at radius 3 is 2.30 bits per heavy atom. The first-order valence-electron chi connectivity index (χ1n) is 16.7. The van der Waals surface area contributed by atoms with Crippen LogP contribution in [-0.2, 0) is 22.6 Å². The van der Waals surface area contributed by atoms with E-state index in [-0.39, 0.29) is 30.6 Å². The third kappa shape index (κ3) is 8.09. The van der Waals surface area contributed by atoms with Crippen LogP contribution in [0.15, 0.2) is 97.3 Å². The van der Waals surface area contributed by atoms with Gasteiger partial charge in [0.25, 0.3) is 5.91 Å². The van der Waals surface area contributed by atoms with Gasteiger partial charge >= 0.3 is 0 Å². The van der Waals surface area contributed by atoms with Crippen LogP contribution < -0.4 is 5.32 Å². The summed E-state index contributed by atoms with van der Waals surface area (Å²) in [5.41, 5.74) is 6.73. The molecular formula is C39H45N3O4. The van der Waals surface area contributed by atoms with Crippen LogP contribution >= 0.6 is 0 Å². The zero-order valence-electron chi connectivity index (χ0n) is 26.7. The summed E-state index contributed by atoms with van der Waals surface area (Å²) in [6, 6.07) is 28.3. The number of carbonyl (C=O) groups is 1. The lowest BCUT2D eigenvalue weighted by Crippen LogP contribution is -2.45. The van der Waals surface area contributed by atoms with Gasteiger partial charge in [0, 0.05) is 37.0 Å². The Labute approximate surface area is 272 Å². The molecule has 7 nitrogen and oxygen atoms in total. The Morgan fingerprint density at radius 1 is 0.848 bits per heavy atom. The molecule has 6 rings (SSSR count). The molecule has 7 heteroatoms. The summed E-state index contributed by atoms with van der Waals surface area (Å²) in [5.74, 6) is 0.0271. The molecule has 0 bridgehead atoms. The van der Waals surface area contributed by atoms with Crippen LogP contribution in [0.3, 0.4) is 0 Å². The summed E-state index contributed by atoms with van der Waals surface area (Å²) in [6.07, 6.45) is 9.08. The van der Waals surface area contributed by atoms with Gasteiger partial charge in [-0.2, -0.15) is 0 Å². The molecule has 3 heterocycles. The maximum atomic E-state index is 12.5. The number of benzene rings is 3. The van der Waals surface area contributed by atoms with Crippen LogP contribution in [0.2, 0.25) is 0 Å². The van der Waals surface area contributed by atoms with Crippen molar-refractivity contribution in [3.8, 4) is 11.1 Å². The van der Waals surface area contributed by atoms with Gasteiger partial charge in [0.15, 0.2) is 6.29 Å². The number of ether oxygens (including phenoxy) is 2. The molecule has 0 spiro atoms. The molecule has 2 aliphatic rings. The third-order valence-electron chi connectivity index (χ3n) is 9.33. The first kappa shape index (κ1) is 32.1. The molecular weight excluding hydrogens is 574 g/mol. The number of hydrogen-bond donors (Lipinski definition) is 2. The Morgan fingerprint density at radius 2 is 1.59 bits per heavy atom. The zero-order valence-corrected chi connectivity index (χ0v) is 26.7.